The fraction of sp³-hybridized carbons (Fsp3) is 0.412. The van der Waals surface area contributed by atoms with Gasteiger partial charge in [0.2, 0.25) is 0 Å². The molecule has 1 atom stereocenters. The van der Waals surface area contributed by atoms with E-state index < -0.39 is 0 Å². The zero-order valence-electron chi connectivity index (χ0n) is 12.5. The van der Waals surface area contributed by atoms with Crippen molar-refractivity contribution in [3.8, 4) is 5.75 Å². The zero-order chi connectivity index (χ0) is 14.4. The third-order valence-electron chi connectivity index (χ3n) is 3.46. The first-order valence-electron chi connectivity index (χ1n) is 7.15. The highest BCUT2D eigenvalue weighted by Gasteiger charge is 2.14. The van der Waals surface area contributed by atoms with Crippen LogP contribution in [0.1, 0.15) is 36.3 Å². The van der Waals surface area contributed by atoms with Gasteiger partial charge in [0.1, 0.15) is 11.5 Å². The van der Waals surface area contributed by atoms with Gasteiger partial charge in [-0.25, -0.2) is 0 Å². The van der Waals surface area contributed by atoms with Crippen molar-refractivity contribution in [1.82, 2.24) is 5.32 Å². The van der Waals surface area contributed by atoms with Crippen molar-refractivity contribution in [1.29, 1.82) is 0 Å². The molecule has 0 radical (unpaired) electrons. The first kappa shape index (κ1) is 14.7. The molecule has 108 valence electrons. The van der Waals surface area contributed by atoms with Gasteiger partial charge in [0, 0.05) is 12.5 Å². The maximum absolute atomic E-state index is 5.47. The fourth-order valence-corrected chi connectivity index (χ4v) is 2.31. The van der Waals surface area contributed by atoms with E-state index in [1.54, 1.807) is 13.4 Å². The monoisotopic (exact) mass is 273 g/mol. The Morgan fingerprint density at radius 3 is 2.80 bits per heavy atom. The predicted molar refractivity (Wildman–Crippen MR) is 81.2 cm³/mol. The van der Waals surface area contributed by atoms with E-state index in [1.165, 1.54) is 5.56 Å². The van der Waals surface area contributed by atoms with Crippen LogP contribution in [-0.2, 0) is 6.42 Å². The zero-order valence-corrected chi connectivity index (χ0v) is 12.5. The summed E-state index contributed by atoms with van der Waals surface area (Å²) < 4.78 is 10.9. The summed E-state index contributed by atoms with van der Waals surface area (Å²) in [4.78, 5) is 0. The average Bonchev–Trinajstić information content (AvgIpc) is 2.97. The first-order valence-corrected chi connectivity index (χ1v) is 7.15. The molecular formula is C17H23NO2. The number of hydrogen-bond acceptors (Lipinski definition) is 3. The molecular weight excluding hydrogens is 250 g/mol. The Balaban J connectivity index is 2.20. The molecule has 2 aromatic rings. The van der Waals surface area contributed by atoms with Crippen LogP contribution in [0.15, 0.2) is 41.0 Å². The summed E-state index contributed by atoms with van der Waals surface area (Å²) in [6.07, 6.45) is 3.68. The number of hydrogen-bond donors (Lipinski definition) is 1. The van der Waals surface area contributed by atoms with Gasteiger partial charge in [-0.3, -0.25) is 0 Å². The molecule has 20 heavy (non-hydrogen) atoms. The van der Waals surface area contributed by atoms with Crippen LogP contribution < -0.4 is 10.1 Å². The molecule has 1 aromatic heterocycles. The fourth-order valence-electron chi connectivity index (χ4n) is 2.31. The van der Waals surface area contributed by atoms with E-state index in [0.717, 1.165) is 36.5 Å². The summed E-state index contributed by atoms with van der Waals surface area (Å²) in [6, 6.07) is 10.6. The minimum atomic E-state index is 0.246. The van der Waals surface area contributed by atoms with Crippen molar-refractivity contribution >= 4 is 0 Å². The quantitative estimate of drug-likeness (QED) is 0.831. The molecule has 1 heterocycles. The molecule has 0 aliphatic heterocycles. The second-order valence-electron chi connectivity index (χ2n) is 5.02. The van der Waals surface area contributed by atoms with Gasteiger partial charge in [0.15, 0.2) is 0 Å². The number of benzene rings is 1. The van der Waals surface area contributed by atoms with Gasteiger partial charge >= 0.3 is 0 Å². The second-order valence-corrected chi connectivity index (χ2v) is 5.02. The van der Waals surface area contributed by atoms with Crippen molar-refractivity contribution in [3.05, 3.63) is 53.5 Å². The smallest absolute Gasteiger partial charge is 0.122 e. The molecule has 2 rings (SSSR count). The van der Waals surface area contributed by atoms with Gasteiger partial charge in [-0.15, -0.1) is 0 Å². The van der Waals surface area contributed by atoms with Gasteiger partial charge in [-0.1, -0.05) is 19.1 Å². The third-order valence-corrected chi connectivity index (χ3v) is 3.46. The van der Waals surface area contributed by atoms with Gasteiger partial charge in [-0.2, -0.15) is 0 Å². The van der Waals surface area contributed by atoms with Crippen LogP contribution in [0, 0.1) is 6.92 Å². The lowest BCUT2D eigenvalue weighted by molar-refractivity contribution is 0.408. The highest BCUT2D eigenvalue weighted by molar-refractivity contribution is 5.38. The van der Waals surface area contributed by atoms with Crippen LogP contribution >= 0.6 is 0 Å². The van der Waals surface area contributed by atoms with Crippen LogP contribution in [0.25, 0.3) is 0 Å². The maximum Gasteiger partial charge on any atom is 0.122 e. The van der Waals surface area contributed by atoms with Crippen LogP contribution in [0.2, 0.25) is 0 Å². The molecule has 0 aliphatic carbocycles. The van der Waals surface area contributed by atoms with Crippen molar-refractivity contribution in [2.24, 2.45) is 0 Å². The summed E-state index contributed by atoms with van der Waals surface area (Å²) in [5, 5.41) is 3.58. The van der Waals surface area contributed by atoms with E-state index in [-0.39, 0.29) is 6.04 Å². The van der Waals surface area contributed by atoms with E-state index in [9.17, 15) is 0 Å². The molecule has 0 saturated heterocycles. The van der Waals surface area contributed by atoms with Crippen molar-refractivity contribution in [3.63, 3.8) is 0 Å². The topological polar surface area (TPSA) is 34.4 Å². The number of furan rings is 1. The van der Waals surface area contributed by atoms with Crippen LogP contribution in [0.3, 0.4) is 0 Å². The molecule has 0 bridgehead atoms. The Morgan fingerprint density at radius 2 is 2.15 bits per heavy atom. The first-order chi connectivity index (χ1) is 9.74. The Kier molecular flexibility index (Phi) is 5.24. The van der Waals surface area contributed by atoms with Crippen LogP contribution in [0.5, 0.6) is 5.75 Å². The number of aryl methyl sites for hydroxylation is 1. The van der Waals surface area contributed by atoms with Crippen molar-refractivity contribution in [2.75, 3.05) is 13.7 Å². The summed E-state index contributed by atoms with van der Waals surface area (Å²) in [5.74, 6) is 1.93. The Bertz CT molecular complexity index is 520. The van der Waals surface area contributed by atoms with Gasteiger partial charge in [0.25, 0.3) is 0 Å². The predicted octanol–water partition coefficient (Wildman–Crippen LogP) is 3.88. The Hall–Kier alpha value is -1.74. The molecule has 0 aliphatic rings. The molecule has 1 N–H and O–H groups in total. The lowest BCUT2D eigenvalue weighted by atomic mass is 10.0. The second kappa shape index (κ2) is 7.15. The lowest BCUT2D eigenvalue weighted by Gasteiger charge is -2.19. The number of ether oxygens (including phenoxy) is 1. The van der Waals surface area contributed by atoms with E-state index in [1.807, 2.05) is 12.1 Å². The van der Waals surface area contributed by atoms with E-state index in [2.05, 4.69) is 37.4 Å². The molecule has 1 aromatic carbocycles. The van der Waals surface area contributed by atoms with Crippen molar-refractivity contribution < 1.29 is 9.15 Å². The van der Waals surface area contributed by atoms with E-state index in [4.69, 9.17) is 9.15 Å². The van der Waals surface area contributed by atoms with E-state index >= 15 is 0 Å². The summed E-state index contributed by atoms with van der Waals surface area (Å²) in [7, 11) is 1.72. The van der Waals surface area contributed by atoms with Gasteiger partial charge in [0.05, 0.1) is 13.4 Å². The number of nitrogens with one attached hydrogen (secondary N) is 1. The minimum absolute atomic E-state index is 0.246. The van der Waals surface area contributed by atoms with E-state index in [0.29, 0.717) is 0 Å². The molecule has 0 saturated carbocycles. The van der Waals surface area contributed by atoms with Crippen LogP contribution in [0.4, 0.5) is 0 Å². The molecule has 3 heteroatoms. The highest BCUT2D eigenvalue weighted by atomic mass is 16.5. The lowest BCUT2D eigenvalue weighted by Crippen LogP contribution is -2.24. The number of methoxy groups -OCH3 is 1. The number of rotatable bonds is 7. The summed E-state index contributed by atoms with van der Waals surface area (Å²) in [6.45, 7) is 5.22. The molecule has 0 fully saturated rings. The standard InChI is InChI=1S/C17H23NO2/c1-4-9-18-16(12-15-6-5-10-20-15)14-8-7-13(2)17(11-14)19-3/h5-8,10-11,16,18H,4,9,12H2,1-3H3. The molecule has 3 nitrogen and oxygen atoms in total. The largest absolute Gasteiger partial charge is 0.496 e. The average molecular weight is 273 g/mol. The van der Waals surface area contributed by atoms with Gasteiger partial charge < -0.3 is 14.5 Å². The van der Waals surface area contributed by atoms with Crippen LogP contribution in [-0.4, -0.2) is 13.7 Å². The Labute approximate surface area is 121 Å². The maximum atomic E-state index is 5.47. The normalized spacial score (nSPS) is 12.3. The summed E-state index contributed by atoms with van der Waals surface area (Å²) >= 11 is 0. The Morgan fingerprint density at radius 1 is 1.30 bits per heavy atom. The minimum Gasteiger partial charge on any atom is -0.496 e. The van der Waals surface area contributed by atoms with Crippen molar-refractivity contribution in [2.45, 2.75) is 32.7 Å². The molecule has 0 amide bonds. The SMILES string of the molecule is CCCNC(Cc1ccco1)c1ccc(C)c(OC)c1. The third kappa shape index (κ3) is 3.64. The molecule has 0 spiro atoms. The summed E-state index contributed by atoms with van der Waals surface area (Å²) in [5.41, 5.74) is 2.39. The highest BCUT2D eigenvalue weighted by Crippen LogP contribution is 2.25. The van der Waals surface area contributed by atoms with Gasteiger partial charge in [-0.05, 0) is 49.2 Å². The molecule has 1 unspecified atom stereocenters.